The van der Waals surface area contributed by atoms with Gasteiger partial charge in [0.1, 0.15) is 0 Å². The van der Waals surface area contributed by atoms with Gasteiger partial charge in [0.2, 0.25) is 5.91 Å². The number of nitrogens with zero attached hydrogens (tertiary/aromatic N) is 1. The summed E-state index contributed by atoms with van der Waals surface area (Å²) in [6, 6.07) is 0. The monoisotopic (exact) mass is 665 g/mol. The van der Waals surface area contributed by atoms with Gasteiger partial charge in [-0.3, -0.25) is 9.59 Å². The summed E-state index contributed by atoms with van der Waals surface area (Å²) in [5.74, 6) is -1.66. The van der Waals surface area contributed by atoms with Crippen molar-refractivity contribution in [3.63, 3.8) is 0 Å². The fraction of sp³-hybridized carbons (Fsp3) is 0.846. The van der Waals surface area contributed by atoms with Crippen molar-refractivity contribution in [2.45, 2.75) is 173 Å². The molecule has 0 radical (unpaired) electrons. The predicted molar refractivity (Wildman–Crippen MR) is 191 cm³/mol. The van der Waals surface area contributed by atoms with E-state index in [1.807, 2.05) is 12.2 Å². The topological polar surface area (TPSA) is 98.1 Å². The van der Waals surface area contributed by atoms with Crippen LogP contribution in [-0.4, -0.2) is 63.3 Å². The Kier molecular flexibility index (Phi) is 20.5. The van der Waals surface area contributed by atoms with E-state index in [4.69, 9.17) is 11.6 Å². The van der Waals surface area contributed by atoms with Crippen molar-refractivity contribution in [1.29, 1.82) is 0 Å². The molecule has 2 rings (SSSR count). The highest BCUT2D eigenvalue weighted by Crippen LogP contribution is 2.48. The van der Waals surface area contributed by atoms with Gasteiger partial charge in [-0.15, -0.1) is 11.6 Å². The number of carboxylic acid groups (broad SMARTS) is 1. The molecular weight excluding hydrogens is 598 g/mol. The van der Waals surface area contributed by atoms with E-state index in [2.05, 4.69) is 26.0 Å². The summed E-state index contributed by atoms with van der Waals surface area (Å²) in [5.41, 5.74) is 0.0653. The largest absolute Gasteiger partial charge is 0.481 e. The summed E-state index contributed by atoms with van der Waals surface area (Å²) in [6.07, 6.45) is 29.9. The van der Waals surface area contributed by atoms with E-state index >= 15 is 0 Å². The second kappa shape index (κ2) is 23.1. The molecule has 0 bridgehead atoms. The molecule has 2 fully saturated rings. The number of aliphatic hydroxyl groups excluding tert-OH is 2. The summed E-state index contributed by atoms with van der Waals surface area (Å²) >= 11 is 6.63. The van der Waals surface area contributed by atoms with Crippen LogP contribution in [0, 0.1) is 23.2 Å². The van der Waals surface area contributed by atoms with E-state index in [-0.39, 0.29) is 41.1 Å². The van der Waals surface area contributed by atoms with Gasteiger partial charge < -0.3 is 20.2 Å². The molecule has 0 aliphatic heterocycles. The lowest BCUT2D eigenvalue weighted by Crippen LogP contribution is -2.40. The minimum Gasteiger partial charge on any atom is -0.481 e. The van der Waals surface area contributed by atoms with Crippen molar-refractivity contribution in [3.05, 3.63) is 24.3 Å². The van der Waals surface area contributed by atoms with E-state index in [1.54, 1.807) is 11.9 Å². The Morgan fingerprint density at radius 3 is 2.09 bits per heavy atom. The summed E-state index contributed by atoms with van der Waals surface area (Å²) in [5, 5.41) is 31.0. The summed E-state index contributed by atoms with van der Waals surface area (Å²) in [6.45, 7) is 5.09. The van der Waals surface area contributed by atoms with E-state index < -0.39 is 18.0 Å². The van der Waals surface area contributed by atoms with Gasteiger partial charge in [-0.1, -0.05) is 115 Å². The van der Waals surface area contributed by atoms with Crippen LogP contribution in [0.2, 0.25) is 0 Å². The molecule has 0 aromatic heterocycles. The molecule has 46 heavy (non-hydrogen) atoms. The van der Waals surface area contributed by atoms with Crippen LogP contribution in [0.3, 0.4) is 0 Å². The Balaban J connectivity index is 1.65. The van der Waals surface area contributed by atoms with Gasteiger partial charge in [-0.2, -0.15) is 0 Å². The lowest BCUT2D eigenvalue weighted by molar-refractivity contribution is -0.145. The number of carbonyl (C=O) groups is 2. The van der Waals surface area contributed by atoms with E-state index in [0.717, 1.165) is 32.1 Å². The number of alkyl halides is 1. The maximum Gasteiger partial charge on any atom is 0.307 e. The highest BCUT2D eigenvalue weighted by molar-refractivity contribution is 6.21. The van der Waals surface area contributed by atoms with Gasteiger partial charge in [0.05, 0.1) is 18.1 Å². The second-order valence-electron chi connectivity index (χ2n) is 14.5. The zero-order valence-electron chi connectivity index (χ0n) is 29.5. The van der Waals surface area contributed by atoms with Crippen molar-refractivity contribution in [3.8, 4) is 0 Å². The molecular formula is C39H68ClNO5. The van der Waals surface area contributed by atoms with E-state index in [1.165, 1.54) is 70.6 Å². The van der Waals surface area contributed by atoms with Crippen molar-refractivity contribution in [2.75, 3.05) is 13.6 Å². The third-order valence-corrected chi connectivity index (χ3v) is 11.6. The van der Waals surface area contributed by atoms with Crippen LogP contribution in [0.25, 0.3) is 0 Å². The normalized spacial score (nSPS) is 24.0. The lowest BCUT2D eigenvalue weighted by Gasteiger charge is -2.45. The zero-order chi connectivity index (χ0) is 33.8. The van der Waals surface area contributed by atoms with Gasteiger partial charge in [0, 0.05) is 31.3 Å². The molecule has 0 aromatic rings. The average molecular weight is 666 g/mol. The third kappa shape index (κ3) is 14.4. The van der Waals surface area contributed by atoms with Crippen LogP contribution in [0.5, 0.6) is 0 Å². The maximum absolute atomic E-state index is 12.8. The minimum atomic E-state index is -0.917. The van der Waals surface area contributed by atoms with Crippen LogP contribution in [0.4, 0.5) is 0 Å². The number of rotatable bonds is 26. The fourth-order valence-corrected chi connectivity index (χ4v) is 7.95. The molecule has 1 unspecified atom stereocenters. The number of hydrogen-bond acceptors (Lipinski definition) is 4. The number of unbranched alkanes of at least 4 members (excludes halogenated alkanes) is 11. The Bertz CT molecular complexity index is 897. The summed E-state index contributed by atoms with van der Waals surface area (Å²) in [4.78, 5) is 26.4. The second-order valence-corrected chi connectivity index (χ2v) is 15.1. The molecule has 6 nitrogen and oxygen atoms in total. The van der Waals surface area contributed by atoms with Crippen LogP contribution < -0.4 is 0 Å². The Hall–Kier alpha value is -1.37. The molecule has 0 spiro atoms. The van der Waals surface area contributed by atoms with Crippen molar-refractivity contribution >= 4 is 23.5 Å². The first-order chi connectivity index (χ1) is 22.1. The van der Waals surface area contributed by atoms with Crippen molar-refractivity contribution in [1.82, 2.24) is 4.90 Å². The van der Waals surface area contributed by atoms with Gasteiger partial charge in [0.15, 0.2) is 0 Å². The van der Waals surface area contributed by atoms with E-state index in [9.17, 15) is 24.9 Å². The number of carboxylic acids is 1. The zero-order valence-corrected chi connectivity index (χ0v) is 30.3. The standard InChI is InChI=1S/C39H68ClNO5/c1-4-6-7-8-9-10-11-12-13-14-15-19-28-41(3)37(44)29-31(38(45)46)22-17-16-18-23-32-33(35(42)30-34(32)40)24-20-25-36(43)39(5-2)26-21-27-39/h16,18,20,24,31-36,42-43H,4-15,17,19,21-23,25-30H2,1-3H3,(H,45,46)/b18-16-,24-20+/t31?,32-,33-,34-,35-,36+/m1/s1. The molecule has 7 heteroatoms. The quantitative estimate of drug-likeness (QED) is 0.0486. The summed E-state index contributed by atoms with van der Waals surface area (Å²) in [7, 11) is 1.79. The highest BCUT2D eigenvalue weighted by atomic mass is 35.5. The number of allylic oxidation sites excluding steroid dienone is 2. The third-order valence-electron chi connectivity index (χ3n) is 11.1. The molecule has 0 aromatic carbocycles. The number of hydrogen-bond donors (Lipinski definition) is 3. The first-order valence-corrected chi connectivity index (χ1v) is 19.4. The van der Waals surface area contributed by atoms with Crippen molar-refractivity contribution < 1.29 is 24.9 Å². The first-order valence-electron chi connectivity index (χ1n) is 18.9. The van der Waals surface area contributed by atoms with Gasteiger partial charge in [-0.05, 0) is 69.1 Å². The Morgan fingerprint density at radius 2 is 1.54 bits per heavy atom. The fourth-order valence-electron chi connectivity index (χ4n) is 7.50. The van der Waals surface area contributed by atoms with Gasteiger partial charge in [0.25, 0.3) is 0 Å². The molecule has 3 N–H and O–H groups in total. The molecule has 2 aliphatic rings. The number of aliphatic hydroxyl groups is 2. The number of aliphatic carboxylic acids is 1. The number of amides is 1. The molecule has 1 amide bonds. The molecule has 0 saturated heterocycles. The molecule has 0 heterocycles. The Labute approximate surface area is 286 Å². The lowest BCUT2D eigenvalue weighted by atomic mass is 9.63. The van der Waals surface area contributed by atoms with Gasteiger partial charge >= 0.3 is 5.97 Å². The van der Waals surface area contributed by atoms with Crippen LogP contribution >= 0.6 is 11.6 Å². The smallest absolute Gasteiger partial charge is 0.307 e. The Morgan fingerprint density at radius 1 is 0.935 bits per heavy atom. The molecule has 266 valence electrons. The van der Waals surface area contributed by atoms with Crippen LogP contribution in [0.15, 0.2) is 24.3 Å². The predicted octanol–water partition coefficient (Wildman–Crippen LogP) is 9.46. The maximum atomic E-state index is 12.8. The summed E-state index contributed by atoms with van der Waals surface area (Å²) < 4.78 is 0. The molecule has 6 atom stereocenters. The van der Waals surface area contributed by atoms with Crippen LogP contribution in [0.1, 0.15) is 155 Å². The van der Waals surface area contributed by atoms with E-state index in [0.29, 0.717) is 38.6 Å². The van der Waals surface area contributed by atoms with Crippen molar-refractivity contribution in [2.24, 2.45) is 23.2 Å². The number of carbonyl (C=O) groups excluding carboxylic acids is 1. The average Bonchev–Trinajstić information content (AvgIpc) is 3.27. The highest BCUT2D eigenvalue weighted by Gasteiger charge is 2.42. The van der Waals surface area contributed by atoms with Crippen LogP contribution in [-0.2, 0) is 9.59 Å². The molecule has 2 saturated carbocycles. The molecule has 2 aliphatic carbocycles. The minimum absolute atomic E-state index is 0.0362. The first kappa shape index (κ1) is 40.8. The SMILES string of the molecule is CCCCCCCCCCCCCCN(C)C(=O)CC(CC/C=C\C[C@@H]1[C@@H](/C=C/C[C@H](O)C2(CC)CCC2)[C@H](O)C[C@H]1Cl)C(=O)O. The van der Waals surface area contributed by atoms with Gasteiger partial charge in [-0.25, -0.2) is 0 Å². The number of halogens is 1.